The Hall–Kier alpha value is -1.64. The summed E-state index contributed by atoms with van der Waals surface area (Å²) in [6.07, 6.45) is 2.70. The van der Waals surface area contributed by atoms with E-state index < -0.39 is 0 Å². The molecular formula is C9H9N3. The minimum absolute atomic E-state index is 0.837. The molecule has 2 rings (SSSR count). The van der Waals surface area contributed by atoms with E-state index >= 15 is 0 Å². The summed E-state index contributed by atoms with van der Waals surface area (Å²) in [6.45, 7) is 3.69. The molecule has 1 N–H and O–H groups in total. The lowest BCUT2D eigenvalue weighted by Crippen LogP contribution is -1.82. The van der Waals surface area contributed by atoms with Crippen LogP contribution >= 0.6 is 0 Å². The highest BCUT2D eigenvalue weighted by Gasteiger charge is 2.01. The molecule has 0 bridgehead atoms. The number of nitrogens with zero attached hydrogens (tertiary/aromatic N) is 2. The fourth-order valence-corrected chi connectivity index (χ4v) is 1.25. The summed E-state index contributed by atoms with van der Waals surface area (Å²) >= 11 is 0. The smallest absolute Gasteiger partial charge is 0.116 e. The van der Waals surface area contributed by atoms with Crippen molar-refractivity contribution in [1.82, 2.24) is 15.4 Å². The molecule has 60 valence electrons. The third-order valence-corrected chi connectivity index (χ3v) is 1.79. The molecule has 2 aromatic rings. The average Bonchev–Trinajstić information content (AvgIpc) is 2.53. The van der Waals surface area contributed by atoms with Crippen LogP contribution in [0.2, 0.25) is 0 Å². The molecule has 0 unspecified atom stereocenters. The van der Waals surface area contributed by atoms with Crippen LogP contribution in [0.3, 0.4) is 0 Å². The first-order chi connectivity index (χ1) is 5.92. The number of allylic oxidation sites excluding steroid dienone is 1. The Balaban J connectivity index is 2.65. The molecule has 0 aliphatic heterocycles. The second-order valence-corrected chi connectivity index (χ2v) is 2.60. The van der Waals surface area contributed by atoms with Gasteiger partial charge in [-0.1, -0.05) is 18.2 Å². The van der Waals surface area contributed by atoms with Gasteiger partial charge in [0, 0.05) is 0 Å². The number of aromatic amines is 1. The zero-order chi connectivity index (χ0) is 8.39. The van der Waals surface area contributed by atoms with Crippen molar-refractivity contribution in [3.05, 3.63) is 36.4 Å². The first kappa shape index (κ1) is 7.03. The van der Waals surface area contributed by atoms with Gasteiger partial charge in [0.1, 0.15) is 11.0 Å². The number of hydrogen-bond donors (Lipinski definition) is 1. The lowest BCUT2D eigenvalue weighted by Gasteiger charge is -1.94. The van der Waals surface area contributed by atoms with Gasteiger partial charge in [-0.25, -0.2) is 0 Å². The van der Waals surface area contributed by atoms with Crippen LogP contribution in [0.25, 0.3) is 11.0 Å². The Morgan fingerprint density at radius 1 is 1.42 bits per heavy atom. The summed E-state index contributed by atoms with van der Waals surface area (Å²) in [7, 11) is 0. The molecule has 0 fully saturated rings. The van der Waals surface area contributed by atoms with Crippen molar-refractivity contribution in [1.29, 1.82) is 0 Å². The van der Waals surface area contributed by atoms with Crippen LogP contribution in [-0.2, 0) is 6.42 Å². The molecule has 0 aliphatic carbocycles. The number of nitrogens with one attached hydrogen (secondary N) is 1. The number of fused-ring (bicyclic) bond motifs is 1. The molecule has 1 aromatic heterocycles. The largest absolute Gasteiger partial charge is 0.197 e. The standard InChI is InChI=1S/C9H9N3/c1-2-4-7-5-3-6-8-9(7)11-12-10-8/h2-3,5-6H,1,4H2,(H,10,11,12). The molecule has 0 aliphatic rings. The SMILES string of the molecule is C=CCc1cccc2n[nH]nc12. The third kappa shape index (κ3) is 0.993. The summed E-state index contributed by atoms with van der Waals surface area (Å²) < 4.78 is 0. The number of H-pyrrole nitrogens is 1. The number of hydrogen-bond acceptors (Lipinski definition) is 2. The highest BCUT2D eigenvalue weighted by Crippen LogP contribution is 2.13. The lowest BCUT2D eigenvalue weighted by atomic mass is 10.1. The maximum absolute atomic E-state index is 4.05. The molecule has 0 saturated heterocycles. The van der Waals surface area contributed by atoms with Crippen molar-refractivity contribution in [2.24, 2.45) is 0 Å². The molecular weight excluding hydrogens is 150 g/mol. The Kier molecular flexibility index (Phi) is 1.63. The van der Waals surface area contributed by atoms with Gasteiger partial charge in [0.2, 0.25) is 0 Å². The minimum Gasteiger partial charge on any atom is -0.197 e. The fraction of sp³-hybridized carbons (Fsp3) is 0.111. The van der Waals surface area contributed by atoms with E-state index in [0.29, 0.717) is 0 Å². The van der Waals surface area contributed by atoms with E-state index in [-0.39, 0.29) is 0 Å². The highest BCUT2D eigenvalue weighted by atomic mass is 15.3. The zero-order valence-corrected chi connectivity index (χ0v) is 6.62. The maximum atomic E-state index is 4.05. The molecule has 0 amide bonds. The molecule has 1 heterocycles. The second kappa shape index (κ2) is 2.77. The summed E-state index contributed by atoms with van der Waals surface area (Å²) in [4.78, 5) is 0. The number of aromatic nitrogens is 3. The van der Waals surface area contributed by atoms with Gasteiger partial charge in [-0.2, -0.15) is 15.4 Å². The minimum atomic E-state index is 0.837. The van der Waals surface area contributed by atoms with E-state index in [1.54, 1.807) is 0 Å². The van der Waals surface area contributed by atoms with Gasteiger partial charge in [0.25, 0.3) is 0 Å². The molecule has 3 nitrogen and oxygen atoms in total. The number of para-hydroxylation sites is 1. The summed E-state index contributed by atoms with van der Waals surface area (Å²) in [5.41, 5.74) is 3.02. The summed E-state index contributed by atoms with van der Waals surface area (Å²) in [5, 5.41) is 10.6. The van der Waals surface area contributed by atoms with E-state index in [1.165, 1.54) is 0 Å². The quantitative estimate of drug-likeness (QED) is 0.677. The van der Waals surface area contributed by atoms with Crippen molar-refractivity contribution in [3.8, 4) is 0 Å². The van der Waals surface area contributed by atoms with E-state index in [2.05, 4.69) is 22.0 Å². The van der Waals surface area contributed by atoms with Crippen molar-refractivity contribution in [3.63, 3.8) is 0 Å². The van der Waals surface area contributed by atoms with Crippen LogP contribution in [0.1, 0.15) is 5.56 Å². The van der Waals surface area contributed by atoms with Crippen molar-refractivity contribution >= 4 is 11.0 Å². The molecule has 1 aromatic carbocycles. The van der Waals surface area contributed by atoms with Crippen LogP contribution < -0.4 is 0 Å². The predicted octanol–water partition coefficient (Wildman–Crippen LogP) is 1.69. The molecule has 0 radical (unpaired) electrons. The Morgan fingerprint density at radius 3 is 3.17 bits per heavy atom. The van der Waals surface area contributed by atoms with Gasteiger partial charge in [0.15, 0.2) is 0 Å². The Morgan fingerprint density at radius 2 is 2.33 bits per heavy atom. The molecule has 0 atom stereocenters. The van der Waals surface area contributed by atoms with Crippen LogP contribution in [0.4, 0.5) is 0 Å². The maximum Gasteiger partial charge on any atom is 0.116 e. The topological polar surface area (TPSA) is 41.6 Å². The monoisotopic (exact) mass is 159 g/mol. The molecule has 12 heavy (non-hydrogen) atoms. The zero-order valence-electron chi connectivity index (χ0n) is 6.62. The van der Waals surface area contributed by atoms with E-state index in [0.717, 1.165) is 23.0 Å². The van der Waals surface area contributed by atoms with Gasteiger partial charge in [-0.05, 0) is 18.1 Å². The van der Waals surface area contributed by atoms with Crippen molar-refractivity contribution in [2.45, 2.75) is 6.42 Å². The molecule has 0 saturated carbocycles. The fourth-order valence-electron chi connectivity index (χ4n) is 1.25. The molecule has 0 spiro atoms. The normalized spacial score (nSPS) is 10.3. The Bertz CT molecular complexity index is 403. The highest BCUT2D eigenvalue weighted by molar-refractivity contribution is 5.77. The number of benzene rings is 1. The summed E-state index contributed by atoms with van der Waals surface area (Å²) in [5.74, 6) is 0. The van der Waals surface area contributed by atoms with Crippen LogP contribution in [-0.4, -0.2) is 15.4 Å². The van der Waals surface area contributed by atoms with Crippen LogP contribution in [0.15, 0.2) is 30.9 Å². The summed E-state index contributed by atoms with van der Waals surface area (Å²) in [6, 6.07) is 5.95. The van der Waals surface area contributed by atoms with E-state index in [4.69, 9.17) is 0 Å². The van der Waals surface area contributed by atoms with Crippen LogP contribution in [0.5, 0.6) is 0 Å². The number of rotatable bonds is 2. The second-order valence-electron chi connectivity index (χ2n) is 2.60. The van der Waals surface area contributed by atoms with Gasteiger partial charge in [0.05, 0.1) is 0 Å². The average molecular weight is 159 g/mol. The van der Waals surface area contributed by atoms with E-state index in [1.807, 2.05) is 24.3 Å². The third-order valence-electron chi connectivity index (χ3n) is 1.79. The van der Waals surface area contributed by atoms with Gasteiger partial charge in [-0.15, -0.1) is 6.58 Å². The Labute approximate surface area is 70.1 Å². The van der Waals surface area contributed by atoms with Crippen LogP contribution in [0, 0.1) is 0 Å². The van der Waals surface area contributed by atoms with Gasteiger partial charge < -0.3 is 0 Å². The first-order valence-electron chi connectivity index (χ1n) is 3.81. The van der Waals surface area contributed by atoms with Crippen molar-refractivity contribution in [2.75, 3.05) is 0 Å². The predicted molar refractivity (Wildman–Crippen MR) is 47.8 cm³/mol. The van der Waals surface area contributed by atoms with Crippen molar-refractivity contribution < 1.29 is 0 Å². The molecule has 3 heteroatoms. The van der Waals surface area contributed by atoms with E-state index in [9.17, 15) is 0 Å². The first-order valence-corrected chi connectivity index (χ1v) is 3.81. The van der Waals surface area contributed by atoms with Gasteiger partial charge in [-0.3, -0.25) is 0 Å². The lowest BCUT2D eigenvalue weighted by molar-refractivity contribution is 0.957. The van der Waals surface area contributed by atoms with Gasteiger partial charge >= 0.3 is 0 Å².